The van der Waals surface area contributed by atoms with Gasteiger partial charge in [0.05, 0.1) is 5.60 Å². The largest absolute Gasteiger partial charge is 0.388 e. The van der Waals surface area contributed by atoms with Gasteiger partial charge in [-0.25, -0.2) is 0 Å². The molecule has 1 aliphatic carbocycles. The summed E-state index contributed by atoms with van der Waals surface area (Å²) in [7, 11) is 0. The summed E-state index contributed by atoms with van der Waals surface area (Å²) in [6.07, 6.45) is 5.73. The van der Waals surface area contributed by atoms with Crippen LogP contribution in [0.25, 0.3) is 0 Å². The second kappa shape index (κ2) is 5.50. The number of aliphatic hydroxyl groups is 1. The highest BCUT2D eigenvalue weighted by Crippen LogP contribution is 2.44. The maximum Gasteiger partial charge on any atom is 0.0804 e. The molecular weight excluding hydrogens is 198 g/mol. The Hall–Kier alpha value is -0.0800. The highest BCUT2D eigenvalue weighted by molar-refractivity contribution is 4.96. The highest BCUT2D eigenvalue weighted by atomic mass is 16.3. The zero-order valence-electron chi connectivity index (χ0n) is 11.5. The van der Waals surface area contributed by atoms with E-state index in [0.29, 0.717) is 5.92 Å². The fourth-order valence-electron chi connectivity index (χ4n) is 3.15. The predicted octanol–water partition coefficient (Wildman–Crippen LogP) is 2.95. The molecule has 96 valence electrons. The van der Waals surface area contributed by atoms with Crippen LogP contribution in [0.3, 0.4) is 0 Å². The average Bonchev–Trinajstić information content (AvgIpc) is 2.16. The van der Waals surface area contributed by atoms with E-state index >= 15 is 0 Å². The van der Waals surface area contributed by atoms with E-state index in [-0.39, 0.29) is 5.41 Å². The van der Waals surface area contributed by atoms with Crippen LogP contribution in [-0.4, -0.2) is 23.8 Å². The Morgan fingerprint density at radius 1 is 1.31 bits per heavy atom. The lowest BCUT2D eigenvalue weighted by Gasteiger charge is -2.47. The Labute approximate surface area is 101 Å². The van der Waals surface area contributed by atoms with Crippen molar-refractivity contribution < 1.29 is 5.11 Å². The van der Waals surface area contributed by atoms with Crippen LogP contribution in [0.15, 0.2) is 0 Å². The predicted molar refractivity (Wildman–Crippen MR) is 69.5 cm³/mol. The van der Waals surface area contributed by atoms with Crippen LogP contribution in [-0.2, 0) is 0 Å². The number of hydrogen-bond donors (Lipinski definition) is 2. The first-order valence-electron chi connectivity index (χ1n) is 6.83. The molecule has 2 heteroatoms. The molecular formula is C14H29NO. The van der Waals surface area contributed by atoms with Crippen molar-refractivity contribution in [3.63, 3.8) is 0 Å². The van der Waals surface area contributed by atoms with Gasteiger partial charge in [0, 0.05) is 6.54 Å². The third-order valence-electron chi connectivity index (χ3n) is 3.90. The first-order chi connectivity index (χ1) is 7.40. The van der Waals surface area contributed by atoms with E-state index in [0.717, 1.165) is 25.9 Å². The molecule has 0 aromatic heterocycles. The number of rotatable bonds is 4. The van der Waals surface area contributed by atoms with Crippen molar-refractivity contribution in [1.82, 2.24) is 5.32 Å². The van der Waals surface area contributed by atoms with Crippen molar-refractivity contribution in [3.05, 3.63) is 0 Å². The molecule has 2 N–H and O–H groups in total. The fraction of sp³-hybridized carbons (Fsp3) is 1.00. The monoisotopic (exact) mass is 227 g/mol. The van der Waals surface area contributed by atoms with Crippen LogP contribution in [0.2, 0.25) is 0 Å². The average molecular weight is 227 g/mol. The smallest absolute Gasteiger partial charge is 0.0804 e. The molecule has 16 heavy (non-hydrogen) atoms. The summed E-state index contributed by atoms with van der Waals surface area (Å²) < 4.78 is 0. The van der Waals surface area contributed by atoms with Gasteiger partial charge in [-0.05, 0) is 37.1 Å². The summed E-state index contributed by atoms with van der Waals surface area (Å²) in [5.74, 6) is 0.429. The van der Waals surface area contributed by atoms with Crippen molar-refractivity contribution >= 4 is 0 Å². The number of nitrogens with one attached hydrogen (secondary N) is 1. The van der Waals surface area contributed by atoms with Gasteiger partial charge in [-0.2, -0.15) is 0 Å². The molecule has 2 nitrogen and oxygen atoms in total. The fourth-order valence-corrected chi connectivity index (χ4v) is 3.15. The lowest BCUT2D eigenvalue weighted by atomic mass is 9.64. The number of hydrogen-bond acceptors (Lipinski definition) is 2. The molecule has 0 spiro atoms. The maximum atomic E-state index is 10.8. The molecule has 0 bridgehead atoms. The zero-order chi connectivity index (χ0) is 12.2. The Bertz CT molecular complexity index is 209. The van der Waals surface area contributed by atoms with Gasteiger partial charge in [-0.15, -0.1) is 0 Å². The molecule has 0 aromatic carbocycles. The van der Waals surface area contributed by atoms with Crippen molar-refractivity contribution in [2.45, 2.75) is 65.4 Å². The first-order valence-corrected chi connectivity index (χ1v) is 6.83. The SMILES string of the molecule is CCCNCC1(O)CCCCC1C(C)(C)C. The third-order valence-corrected chi connectivity index (χ3v) is 3.90. The Morgan fingerprint density at radius 2 is 2.00 bits per heavy atom. The molecule has 0 radical (unpaired) electrons. The Morgan fingerprint density at radius 3 is 2.56 bits per heavy atom. The molecule has 0 aliphatic heterocycles. The molecule has 0 aromatic rings. The molecule has 0 amide bonds. The van der Waals surface area contributed by atoms with Gasteiger partial charge in [0.15, 0.2) is 0 Å². The second-order valence-electron chi connectivity index (χ2n) is 6.44. The van der Waals surface area contributed by atoms with E-state index in [1.54, 1.807) is 0 Å². The van der Waals surface area contributed by atoms with E-state index in [1.807, 2.05) is 0 Å². The first kappa shape index (κ1) is 14.0. The van der Waals surface area contributed by atoms with Crippen LogP contribution < -0.4 is 5.32 Å². The van der Waals surface area contributed by atoms with Crippen LogP contribution >= 0.6 is 0 Å². The van der Waals surface area contributed by atoms with Crippen LogP contribution in [0.5, 0.6) is 0 Å². The summed E-state index contributed by atoms with van der Waals surface area (Å²) in [6.45, 7) is 10.7. The van der Waals surface area contributed by atoms with Gasteiger partial charge in [0.2, 0.25) is 0 Å². The molecule has 0 saturated heterocycles. The molecule has 0 heterocycles. The summed E-state index contributed by atoms with van der Waals surface area (Å²) >= 11 is 0. The minimum atomic E-state index is -0.480. The molecule has 2 unspecified atom stereocenters. The molecule has 1 aliphatic rings. The molecule has 1 saturated carbocycles. The Balaban J connectivity index is 2.64. The standard InChI is InChI=1S/C14H29NO/c1-5-10-15-11-14(16)9-7-6-8-12(14)13(2,3)4/h12,15-16H,5-11H2,1-4H3. The summed E-state index contributed by atoms with van der Waals surface area (Å²) in [5.41, 5.74) is -0.269. The summed E-state index contributed by atoms with van der Waals surface area (Å²) in [6, 6.07) is 0. The van der Waals surface area contributed by atoms with Crippen LogP contribution in [0.4, 0.5) is 0 Å². The second-order valence-corrected chi connectivity index (χ2v) is 6.44. The molecule has 1 fully saturated rings. The minimum absolute atomic E-state index is 0.211. The van der Waals surface area contributed by atoms with Crippen LogP contribution in [0, 0.1) is 11.3 Å². The van der Waals surface area contributed by atoms with Crippen molar-refractivity contribution in [3.8, 4) is 0 Å². The van der Waals surface area contributed by atoms with E-state index < -0.39 is 5.60 Å². The van der Waals surface area contributed by atoms with Gasteiger partial charge >= 0.3 is 0 Å². The van der Waals surface area contributed by atoms with Crippen molar-refractivity contribution in [2.75, 3.05) is 13.1 Å². The summed E-state index contributed by atoms with van der Waals surface area (Å²) in [5, 5.41) is 14.2. The quantitative estimate of drug-likeness (QED) is 0.724. The Kier molecular flexibility index (Phi) is 4.81. The topological polar surface area (TPSA) is 32.3 Å². The van der Waals surface area contributed by atoms with Crippen LogP contribution in [0.1, 0.15) is 59.8 Å². The van der Waals surface area contributed by atoms with Gasteiger partial charge in [0.25, 0.3) is 0 Å². The summed E-state index contributed by atoms with van der Waals surface area (Å²) in [4.78, 5) is 0. The van der Waals surface area contributed by atoms with Gasteiger partial charge in [-0.1, -0.05) is 40.5 Å². The van der Waals surface area contributed by atoms with Gasteiger partial charge < -0.3 is 10.4 Å². The van der Waals surface area contributed by atoms with E-state index in [9.17, 15) is 5.11 Å². The van der Waals surface area contributed by atoms with Gasteiger partial charge in [-0.3, -0.25) is 0 Å². The van der Waals surface area contributed by atoms with E-state index in [2.05, 4.69) is 33.0 Å². The van der Waals surface area contributed by atoms with E-state index in [1.165, 1.54) is 19.3 Å². The molecule has 1 rings (SSSR count). The van der Waals surface area contributed by atoms with E-state index in [4.69, 9.17) is 0 Å². The lowest BCUT2D eigenvalue weighted by Crippen LogP contribution is -2.53. The zero-order valence-corrected chi connectivity index (χ0v) is 11.5. The van der Waals surface area contributed by atoms with Gasteiger partial charge in [0.1, 0.15) is 0 Å². The van der Waals surface area contributed by atoms with Crippen molar-refractivity contribution in [2.24, 2.45) is 11.3 Å². The normalized spacial score (nSPS) is 31.7. The van der Waals surface area contributed by atoms with Crippen molar-refractivity contribution in [1.29, 1.82) is 0 Å². The maximum absolute atomic E-state index is 10.8. The lowest BCUT2D eigenvalue weighted by molar-refractivity contribution is -0.0872. The minimum Gasteiger partial charge on any atom is -0.388 e. The highest BCUT2D eigenvalue weighted by Gasteiger charge is 2.44. The third kappa shape index (κ3) is 3.46. The molecule has 2 atom stereocenters.